The molecule has 0 unspecified atom stereocenters. The molecule has 0 aliphatic carbocycles. The molecule has 33 heavy (non-hydrogen) atoms. The molecule has 0 saturated heterocycles. The van der Waals surface area contributed by atoms with Crippen molar-refractivity contribution in [1.82, 2.24) is 9.88 Å². The van der Waals surface area contributed by atoms with Crippen LogP contribution in [-0.4, -0.2) is 29.3 Å². The lowest BCUT2D eigenvalue weighted by atomic mass is 10.1. The minimum absolute atomic E-state index is 0.348. The first-order valence-corrected chi connectivity index (χ1v) is 11.2. The molecule has 0 saturated carbocycles. The van der Waals surface area contributed by atoms with Crippen molar-refractivity contribution in [2.75, 3.05) is 13.7 Å². The third-order valence-corrected chi connectivity index (χ3v) is 6.05. The Hall–Kier alpha value is -3.57. The van der Waals surface area contributed by atoms with E-state index in [2.05, 4.69) is 48.6 Å². The van der Waals surface area contributed by atoms with Gasteiger partial charge < -0.3 is 19.7 Å². The Morgan fingerprint density at radius 3 is 2.45 bits per heavy atom. The van der Waals surface area contributed by atoms with Gasteiger partial charge in [0.1, 0.15) is 11.4 Å². The summed E-state index contributed by atoms with van der Waals surface area (Å²) in [5, 5.41) is 14.6. The largest absolute Gasteiger partial charge is 0.496 e. The van der Waals surface area contributed by atoms with Gasteiger partial charge >= 0.3 is 5.97 Å². The van der Waals surface area contributed by atoms with Crippen LogP contribution in [0.5, 0.6) is 5.75 Å². The van der Waals surface area contributed by atoms with Crippen molar-refractivity contribution in [3.05, 3.63) is 100 Å². The van der Waals surface area contributed by atoms with E-state index < -0.39 is 5.97 Å². The number of nitrogens with zero attached hydrogens (tertiary/aromatic N) is 1. The fourth-order valence-corrected chi connectivity index (χ4v) is 4.34. The van der Waals surface area contributed by atoms with E-state index in [1.165, 1.54) is 5.56 Å². The van der Waals surface area contributed by atoms with E-state index in [9.17, 15) is 9.90 Å². The van der Waals surface area contributed by atoms with Crippen LogP contribution in [0.3, 0.4) is 0 Å². The number of para-hydroxylation sites is 1. The van der Waals surface area contributed by atoms with Crippen LogP contribution < -0.4 is 10.1 Å². The number of carboxylic acids is 1. The molecule has 170 valence electrons. The number of aromatic nitrogens is 1. The monoisotopic (exact) mass is 442 g/mol. The van der Waals surface area contributed by atoms with Crippen molar-refractivity contribution in [2.45, 2.75) is 33.4 Å². The number of aryl methyl sites for hydroxylation is 2. The first-order chi connectivity index (χ1) is 16.0. The summed E-state index contributed by atoms with van der Waals surface area (Å²) in [4.78, 5) is 12.4. The van der Waals surface area contributed by atoms with E-state index in [4.69, 9.17) is 4.74 Å². The van der Waals surface area contributed by atoms with Crippen molar-refractivity contribution < 1.29 is 14.6 Å². The van der Waals surface area contributed by atoms with Crippen molar-refractivity contribution in [3.8, 4) is 5.75 Å². The predicted octanol–water partition coefficient (Wildman–Crippen LogP) is 5.35. The number of hydrogen-bond acceptors (Lipinski definition) is 3. The number of aromatic carboxylic acids is 1. The Morgan fingerprint density at radius 2 is 1.73 bits per heavy atom. The van der Waals surface area contributed by atoms with E-state index in [-0.39, 0.29) is 0 Å². The van der Waals surface area contributed by atoms with E-state index in [0.717, 1.165) is 51.9 Å². The molecule has 2 N–H and O–H groups in total. The highest BCUT2D eigenvalue weighted by Gasteiger charge is 2.22. The Labute approximate surface area is 194 Å². The van der Waals surface area contributed by atoms with Crippen LogP contribution in [0.2, 0.25) is 0 Å². The van der Waals surface area contributed by atoms with Gasteiger partial charge in [0.15, 0.2) is 0 Å². The maximum Gasteiger partial charge on any atom is 0.352 e. The van der Waals surface area contributed by atoms with Crippen LogP contribution in [0.1, 0.15) is 38.3 Å². The minimum atomic E-state index is -0.905. The summed E-state index contributed by atoms with van der Waals surface area (Å²) in [7, 11) is 1.68. The van der Waals surface area contributed by atoms with Crippen LogP contribution in [-0.2, 0) is 19.5 Å². The van der Waals surface area contributed by atoms with Gasteiger partial charge in [-0.3, -0.25) is 0 Å². The Kier molecular flexibility index (Phi) is 6.80. The number of nitrogens with one attached hydrogen (secondary N) is 1. The highest BCUT2D eigenvalue weighted by molar-refractivity contribution is 5.98. The quantitative estimate of drug-likeness (QED) is 0.343. The molecule has 0 fully saturated rings. The SMILES string of the molecule is COc1ccccc1CCNCc1c(C(=O)O)n(Cc2ccc(C)cc2)c2cc(C)ccc12. The van der Waals surface area contributed by atoms with Crippen molar-refractivity contribution >= 4 is 16.9 Å². The highest BCUT2D eigenvalue weighted by atomic mass is 16.5. The summed E-state index contributed by atoms with van der Waals surface area (Å²) >= 11 is 0. The Morgan fingerprint density at radius 1 is 1.00 bits per heavy atom. The molecule has 1 aromatic heterocycles. The fraction of sp³-hybridized carbons (Fsp3) is 0.250. The van der Waals surface area contributed by atoms with Crippen LogP contribution in [0.25, 0.3) is 10.9 Å². The predicted molar refractivity (Wildman–Crippen MR) is 132 cm³/mol. The molecule has 0 spiro atoms. The van der Waals surface area contributed by atoms with Crippen molar-refractivity contribution in [3.63, 3.8) is 0 Å². The normalized spacial score (nSPS) is 11.1. The molecule has 0 aliphatic rings. The second-order valence-electron chi connectivity index (χ2n) is 8.46. The molecular formula is C28H30N2O3. The molecule has 4 aromatic rings. The maximum atomic E-state index is 12.4. The van der Waals surface area contributed by atoms with E-state index >= 15 is 0 Å². The number of carbonyl (C=O) groups is 1. The van der Waals surface area contributed by atoms with Gasteiger partial charge in [0.25, 0.3) is 0 Å². The van der Waals surface area contributed by atoms with Gasteiger partial charge in [-0.1, -0.05) is 60.2 Å². The lowest BCUT2D eigenvalue weighted by Crippen LogP contribution is -2.19. The molecule has 1 heterocycles. The number of hydrogen-bond donors (Lipinski definition) is 2. The Bertz CT molecular complexity index is 1270. The summed E-state index contributed by atoms with van der Waals surface area (Å²) in [6.07, 6.45) is 0.799. The minimum Gasteiger partial charge on any atom is -0.496 e. The number of methoxy groups -OCH3 is 1. The zero-order valence-corrected chi connectivity index (χ0v) is 19.4. The summed E-state index contributed by atoms with van der Waals surface area (Å²) in [6.45, 7) is 5.81. The van der Waals surface area contributed by atoms with Gasteiger partial charge in [-0.05, 0) is 55.6 Å². The first kappa shape index (κ1) is 22.6. The second-order valence-corrected chi connectivity index (χ2v) is 8.46. The van der Waals surface area contributed by atoms with E-state index in [1.807, 2.05) is 41.8 Å². The van der Waals surface area contributed by atoms with Gasteiger partial charge in [-0.15, -0.1) is 0 Å². The second kappa shape index (κ2) is 9.92. The third kappa shape index (κ3) is 4.94. The van der Waals surface area contributed by atoms with E-state index in [0.29, 0.717) is 18.8 Å². The molecular weight excluding hydrogens is 412 g/mol. The zero-order valence-electron chi connectivity index (χ0n) is 19.4. The molecule has 0 atom stereocenters. The molecule has 4 rings (SSSR count). The van der Waals surface area contributed by atoms with Crippen LogP contribution >= 0.6 is 0 Å². The molecule has 5 nitrogen and oxygen atoms in total. The number of rotatable bonds is 9. The van der Waals surface area contributed by atoms with Gasteiger partial charge in [-0.2, -0.15) is 0 Å². The van der Waals surface area contributed by atoms with Crippen molar-refractivity contribution in [2.24, 2.45) is 0 Å². The highest BCUT2D eigenvalue weighted by Crippen LogP contribution is 2.29. The third-order valence-electron chi connectivity index (χ3n) is 6.05. The molecule has 3 aromatic carbocycles. The summed E-state index contributed by atoms with van der Waals surface area (Å²) in [5.41, 5.74) is 6.63. The van der Waals surface area contributed by atoms with Crippen LogP contribution in [0.15, 0.2) is 66.7 Å². The number of ether oxygens (including phenoxy) is 1. The smallest absolute Gasteiger partial charge is 0.352 e. The average molecular weight is 443 g/mol. The maximum absolute atomic E-state index is 12.4. The van der Waals surface area contributed by atoms with E-state index in [1.54, 1.807) is 7.11 Å². The van der Waals surface area contributed by atoms with Crippen molar-refractivity contribution in [1.29, 1.82) is 0 Å². The summed E-state index contributed by atoms with van der Waals surface area (Å²) in [6, 6.07) is 22.4. The summed E-state index contributed by atoms with van der Waals surface area (Å²) in [5.74, 6) is -0.0341. The topological polar surface area (TPSA) is 63.5 Å². The summed E-state index contributed by atoms with van der Waals surface area (Å²) < 4.78 is 7.38. The van der Waals surface area contributed by atoms with Gasteiger partial charge in [0.2, 0.25) is 0 Å². The molecule has 0 amide bonds. The molecule has 0 radical (unpaired) electrons. The number of benzene rings is 3. The first-order valence-electron chi connectivity index (χ1n) is 11.2. The fourth-order valence-electron chi connectivity index (χ4n) is 4.34. The lowest BCUT2D eigenvalue weighted by molar-refractivity contribution is 0.0684. The van der Waals surface area contributed by atoms with Crippen LogP contribution in [0.4, 0.5) is 0 Å². The Balaban J connectivity index is 1.63. The standard InChI is InChI=1S/C28H30N2O3/c1-19-8-11-21(12-9-19)18-30-25-16-20(2)10-13-23(25)24(27(30)28(31)32)17-29-15-14-22-6-4-5-7-26(22)33-3/h4-13,16,29H,14-15,17-18H2,1-3H3,(H,31,32). The molecule has 0 bridgehead atoms. The molecule has 0 aliphatic heterocycles. The molecule has 5 heteroatoms. The number of carboxylic acid groups (broad SMARTS) is 1. The lowest BCUT2D eigenvalue weighted by Gasteiger charge is -2.11. The van der Waals surface area contributed by atoms with Crippen LogP contribution in [0, 0.1) is 13.8 Å². The average Bonchev–Trinajstić information content (AvgIpc) is 3.11. The van der Waals surface area contributed by atoms with Gasteiger partial charge in [0.05, 0.1) is 7.11 Å². The zero-order chi connectivity index (χ0) is 23.4. The number of fused-ring (bicyclic) bond motifs is 1. The van der Waals surface area contributed by atoms with Gasteiger partial charge in [-0.25, -0.2) is 4.79 Å². The van der Waals surface area contributed by atoms with Gasteiger partial charge in [0, 0.05) is 29.6 Å².